The smallest absolute Gasteiger partial charge is 0.335 e. The summed E-state index contributed by atoms with van der Waals surface area (Å²) in [6, 6.07) is 7.93. The van der Waals surface area contributed by atoms with E-state index in [1.165, 1.54) is 69.9 Å². The predicted molar refractivity (Wildman–Crippen MR) is 113 cm³/mol. The van der Waals surface area contributed by atoms with E-state index in [-0.39, 0.29) is 5.54 Å². The molecular formula is C26H31NO2. The zero-order chi connectivity index (χ0) is 19.4. The molecule has 2 atom stereocenters. The molecule has 0 aromatic heterocycles. The first-order valence-electron chi connectivity index (χ1n) is 11.9. The van der Waals surface area contributed by atoms with Crippen molar-refractivity contribution in [2.24, 2.45) is 29.6 Å². The average Bonchev–Trinajstić information content (AvgIpc) is 3.07. The second kappa shape index (κ2) is 5.47. The van der Waals surface area contributed by atoms with Gasteiger partial charge < -0.3 is 10.0 Å². The maximum atomic E-state index is 11.5. The number of hydrogen-bond donors (Lipinski definition) is 1. The Morgan fingerprint density at radius 1 is 0.862 bits per heavy atom. The summed E-state index contributed by atoms with van der Waals surface area (Å²) < 4.78 is 0. The molecular weight excluding hydrogens is 358 g/mol. The van der Waals surface area contributed by atoms with Crippen molar-refractivity contribution in [1.82, 2.24) is 0 Å². The molecule has 8 aliphatic rings. The summed E-state index contributed by atoms with van der Waals surface area (Å²) >= 11 is 0. The normalized spacial score (nSPS) is 45.7. The largest absolute Gasteiger partial charge is 0.478 e. The van der Waals surface area contributed by atoms with Gasteiger partial charge in [-0.1, -0.05) is 11.6 Å². The number of anilines is 1. The van der Waals surface area contributed by atoms with E-state index in [1.807, 2.05) is 12.1 Å². The van der Waals surface area contributed by atoms with E-state index in [9.17, 15) is 9.90 Å². The van der Waals surface area contributed by atoms with E-state index in [0.29, 0.717) is 11.1 Å². The molecule has 8 aliphatic carbocycles. The fourth-order valence-electron chi connectivity index (χ4n) is 9.52. The van der Waals surface area contributed by atoms with Gasteiger partial charge in [0.1, 0.15) is 0 Å². The van der Waals surface area contributed by atoms with E-state index in [0.717, 1.165) is 29.6 Å². The van der Waals surface area contributed by atoms with Crippen LogP contribution in [0.1, 0.15) is 74.6 Å². The molecule has 2 unspecified atom stereocenters. The Labute approximate surface area is 173 Å². The fraction of sp³-hybridized carbons (Fsp3) is 0.654. The Morgan fingerprint density at radius 2 is 1.41 bits per heavy atom. The van der Waals surface area contributed by atoms with E-state index < -0.39 is 5.97 Å². The number of allylic oxidation sites excluding steroid dienone is 1. The Bertz CT molecular complexity index is 862. The Morgan fingerprint density at radius 3 is 1.90 bits per heavy atom. The summed E-state index contributed by atoms with van der Waals surface area (Å²) in [7, 11) is 0. The molecule has 1 N–H and O–H groups in total. The van der Waals surface area contributed by atoms with Crippen LogP contribution in [0, 0.1) is 29.6 Å². The van der Waals surface area contributed by atoms with Crippen molar-refractivity contribution in [3.63, 3.8) is 0 Å². The van der Waals surface area contributed by atoms with Gasteiger partial charge in [0.15, 0.2) is 0 Å². The molecule has 3 nitrogen and oxygen atoms in total. The first-order valence-corrected chi connectivity index (χ1v) is 11.9. The fourth-order valence-corrected chi connectivity index (χ4v) is 9.52. The molecule has 1 aromatic rings. The monoisotopic (exact) mass is 389 g/mol. The van der Waals surface area contributed by atoms with Gasteiger partial charge in [0.2, 0.25) is 0 Å². The molecule has 9 rings (SSSR count). The highest BCUT2D eigenvalue weighted by Gasteiger charge is 2.62. The van der Waals surface area contributed by atoms with Gasteiger partial charge in [-0.2, -0.15) is 0 Å². The van der Waals surface area contributed by atoms with E-state index in [2.05, 4.69) is 23.1 Å². The Kier molecular flexibility index (Phi) is 3.20. The molecule has 6 saturated carbocycles. The number of hydrogen-bond acceptors (Lipinski definition) is 2. The van der Waals surface area contributed by atoms with Gasteiger partial charge >= 0.3 is 5.97 Å². The summed E-state index contributed by atoms with van der Waals surface area (Å²) in [5.74, 6) is 3.72. The second-order valence-electron chi connectivity index (χ2n) is 11.6. The molecule has 6 fully saturated rings. The molecule has 0 heterocycles. The number of carboxylic acid groups (broad SMARTS) is 1. The standard InChI is InChI=1S/C26H31NO2/c28-24(29)20-1-3-23(4-2-20)27(26-13-19-8-21(14-26)22(9-19)15-26)25-10-16-5-17(11-25)7-18(6-16)12-25/h1-4,13,16-18,21-22H,5-12,14-15H2,(H,28,29). The quantitative estimate of drug-likeness (QED) is 0.676. The van der Waals surface area contributed by atoms with Gasteiger partial charge in [-0.05, 0) is 118 Å². The van der Waals surface area contributed by atoms with Crippen molar-refractivity contribution in [1.29, 1.82) is 0 Å². The number of carbonyl (C=O) groups is 1. The lowest BCUT2D eigenvalue weighted by Crippen LogP contribution is -2.66. The second-order valence-corrected chi connectivity index (χ2v) is 11.6. The number of nitrogens with zero attached hydrogens (tertiary/aromatic N) is 1. The van der Waals surface area contributed by atoms with Crippen molar-refractivity contribution < 1.29 is 9.90 Å². The average molecular weight is 390 g/mol. The maximum Gasteiger partial charge on any atom is 0.335 e. The highest BCUT2D eigenvalue weighted by atomic mass is 16.4. The van der Waals surface area contributed by atoms with Gasteiger partial charge in [0.25, 0.3) is 0 Å². The van der Waals surface area contributed by atoms with Crippen LogP contribution in [0.5, 0.6) is 0 Å². The summed E-state index contributed by atoms with van der Waals surface area (Å²) in [5, 5.41) is 9.41. The molecule has 8 bridgehead atoms. The van der Waals surface area contributed by atoms with Crippen LogP contribution < -0.4 is 4.90 Å². The van der Waals surface area contributed by atoms with Crippen LogP contribution in [0.4, 0.5) is 5.69 Å². The van der Waals surface area contributed by atoms with Gasteiger partial charge in [-0.3, -0.25) is 0 Å². The minimum Gasteiger partial charge on any atom is -0.478 e. The minimum atomic E-state index is -0.821. The van der Waals surface area contributed by atoms with Gasteiger partial charge in [-0.25, -0.2) is 4.79 Å². The van der Waals surface area contributed by atoms with Gasteiger partial charge in [0.05, 0.1) is 11.1 Å². The summed E-state index contributed by atoms with van der Waals surface area (Å²) in [6.07, 6.45) is 16.5. The number of rotatable bonds is 4. The van der Waals surface area contributed by atoms with Crippen molar-refractivity contribution in [3.05, 3.63) is 41.5 Å². The molecule has 0 saturated heterocycles. The summed E-state index contributed by atoms with van der Waals surface area (Å²) in [6.45, 7) is 0. The van der Waals surface area contributed by atoms with Crippen molar-refractivity contribution in [2.45, 2.75) is 75.3 Å². The zero-order valence-corrected chi connectivity index (χ0v) is 17.1. The van der Waals surface area contributed by atoms with Crippen LogP contribution in [0.25, 0.3) is 0 Å². The van der Waals surface area contributed by atoms with Crippen molar-refractivity contribution >= 4 is 11.7 Å². The lowest BCUT2D eigenvalue weighted by Gasteiger charge is -2.65. The third-order valence-corrected chi connectivity index (χ3v) is 9.72. The topological polar surface area (TPSA) is 40.5 Å². The van der Waals surface area contributed by atoms with Gasteiger partial charge in [-0.15, -0.1) is 0 Å². The molecule has 29 heavy (non-hydrogen) atoms. The maximum absolute atomic E-state index is 11.5. The van der Waals surface area contributed by atoms with Crippen LogP contribution in [0.15, 0.2) is 35.9 Å². The van der Waals surface area contributed by atoms with Crippen LogP contribution in [0.3, 0.4) is 0 Å². The lowest BCUT2D eigenvalue weighted by atomic mass is 9.51. The van der Waals surface area contributed by atoms with Gasteiger partial charge in [0, 0.05) is 11.2 Å². The summed E-state index contributed by atoms with van der Waals surface area (Å²) in [5.41, 5.74) is 3.91. The Hall–Kier alpha value is -1.77. The van der Waals surface area contributed by atoms with Crippen LogP contribution in [0.2, 0.25) is 0 Å². The molecule has 3 heteroatoms. The SMILES string of the molecule is O=C(O)c1ccc(N(C23C=C4CC(C2)C(C4)C3)C23CC4CC(CC(C4)C2)C3)cc1. The van der Waals surface area contributed by atoms with Crippen LogP contribution >= 0.6 is 0 Å². The number of benzene rings is 1. The summed E-state index contributed by atoms with van der Waals surface area (Å²) in [4.78, 5) is 14.4. The van der Waals surface area contributed by atoms with E-state index in [4.69, 9.17) is 0 Å². The molecule has 1 aromatic carbocycles. The molecule has 0 aliphatic heterocycles. The highest BCUT2D eigenvalue weighted by Crippen LogP contribution is 2.65. The third kappa shape index (κ3) is 2.28. The number of aromatic carboxylic acids is 1. The van der Waals surface area contributed by atoms with E-state index >= 15 is 0 Å². The van der Waals surface area contributed by atoms with Crippen LogP contribution in [-0.4, -0.2) is 22.2 Å². The zero-order valence-electron chi connectivity index (χ0n) is 17.1. The molecule has 152 valence electrons. The predicted octanol–water partition coefficient (Wildman–Crippen LogP) is 5.66. The van der Waals surface area contributed by atoms with Crippen molar-refractivity contribution in [2.75, 3.05) is 4.90 Å². The highest BCUT2D eigenvalue weighted by molar-refractivity contribution is 5.88. The Balaban J connectivity index is 1.38. The number of carboxylic acids is 1. The van der Waals surface area contributed by atoms with Crippen LogP contribution in [-0.2, 0) is 0 Å². The molecule has 0 radical (unpaired) electrons. The first-order chi connectivity index (χ1) is 14.0. The molecule has 0 amide bonds. The minimum absolute atomic E-state index is 0.192. The lowest BCUT2D eigenvalue weighted by molar-refractivity contribution is -0.0127. The molecule has 0 spiro atoms. The van der Waals surface area contributed by atoms with Crippen molar-refractivity contribution in [3.8, 4) is 0 Å². The van der Waals surface area contributed by atoms with E-state index in [1.54, 1.807) is 5.57 Å². The first kappa shape index (κ1) is 17.0. The third-order valence-electron chi connectivity index (χ3n) is 9.72.